The van der Waals surface area contributed by atoms with Crippen LogP contribution in [0.3, 0.4) is 0 Å². The SMILES string of the molecule is Cn1cc(S(=O)(=O)N2CCCC(S(=O)(=O)NC3CCCC3)C2)cn1. The Kier molecular flexibility index (Phi) is 5.01. The summed E-state index contributed by atoms with van der Waals surface area (Å²) in [5.74, 6) is 0. The van der Waals surface area contributed by atoms with Crippen molar-refractivity contribution in [2.24, 2.45) is 7.05 Å². The van der Waals surface area contributed by atoms with Crippen LogP contribution in [0.1, 0.15) is 38.5 Å². The maximum Gasteiger partial charge on any atom is 0.246 e. The highest BCUT2D eigenvalue weighted by Crippen LogP contribution is 2.25. The monoisotopic (exact) mass is 376 g/mol. The van der Waals surface area contributed by atoms with E-state index in [0.717, 1.165) is 25.7 Å². The van der Waals surface area contributed by atoms with Crippen LogP contribution in [0.25, 0.3) is 0 Å². The van der Waals surface area contributed by atoms with Gasteiger partial charge in [0.05, 0.1) is 11.4 Å². The summed E-state index contributed by atoms with van der Waals surface area (Å²) in [4.78, 5) is 0.104. The van der Waals surface area contributed by atoms with E-state index in [1.165, 1.54) is 21.4 Å². The van der Waals surface area contributed by atoms with Crippen LogP contribution >= 0.6 is 0 Å². The molecule has 1 saturated carbocycles. The molecule has 0 aromatic carbocycles. The number of aromatic nitrogens is 2. The molecule has 10 heteroatoms. The van der Waals surface area contributed by atoms with E-state index in [9.17, 15) is 16.8 Å². The van der Waals surface area contributed by atoms with E-state index in [1.54, 1.807) is 7.05 Å². The number of aryl methyl sites for hydroxylation is 1. The number of hydrogen-bond acceptors (Lipinski definition) is 5. The van der Waals surface area contributed by atoms with Gasteiger partial charge in [-0.05, 0) is 25.7 Å². The maximum absolute atomic E-state index is 12.7. The third kappa shape index (κ3) is 3.66. The summed E-state index contributed by atoms with van der Waals surface area (Å²) < 4.78 is 56.0. The lowest BCUT2D eigenvalue weighted by atomic mass is 10.2. The minimum atomic E-state index is -3.70. The molecular formula is C14H24N4O4S2. The summed E-state index contributed by atoms with van der Waals surface area (Å²) in [7, 11) is -5.57. The van der Waals surface area contributed by atoms with Gasteiger partial charge >= 0.3 is 0 Å². The number of hydrogen-bond donors (Lipinski definition) is 1. The molecule has 0 radical (unpaired) electrons. The van der Waals surface area contributed by atoms with Crippen molar-refractivity contribution in [3.8, 4) is 0 Å². The Hall–Kier alpha value is -0.970. The average Bonchev–Trinajstić information content (AvgIpc) is 3.19. The van der Waals surface area contributed by atoms with Crippen LogP contribution in [0.5, 0.6) is 0 Å². The summed E-state index contributed by atoms with van der Waals surface area (Å²) in [6.45, 7) is 0.339. The average molecular weight is 377 g/mol. The zero-order chi connectivity index (χ0) is 17.4. The Bertz CT molecular complexity index is 781. The molecule has 136 valence electrons. The number of nitrogens with zero attached hydrogens (tertiary/aromatic N) is 3. The molecule has 1 aliphatic heterocycles. The van der Waals surface area contributed by atoms with Gasteiger partial charge in [-0.3, -0.25) is 4.68 Å². The zero-order valence-electron chi connectivity index (χ0n) is 13.8. The highest BCUT2D eigenvalue weighted by molar-refractivity contribution is 7.90. The zero-order valence-corrected chi connectivity index (χ0v) is 15.4. The van der Waals surface area contributed by atoms with Crippen LogP contribution in [-0.4, -0.2) is 55.3 Å². The molecule has 1 saturated heterocycles. The molecule has 1 N–H and O–H groups in total. The van der Waals surface area contributed by atoms with Gasteiger partial charge in [-0.2, -0.15) is 9.40 Å². The van der Waals surface area contributed by atoms with Crippen LogP contribution in [0, 0.1) is 0 Å². The molecule has 1 aromatic heterocycles. The first-order valence-electron chi connectivity index (χ1n) is 8.29. The molecule has 24 heavy (non-hydrogen) atoms. The van der Waals surface area contributed by atoms with Crippen LogP contribution in [0.15, 0.2) is 17.3 Å². The molecule has 2 aliphatic rings. The minimum absolute atomic E-state index is 0.000284. The Labute approximate surface area is 143 Å². The van der Waals surface area contributed by atoms with Gasteiger partial charge in [0, 0.05) is 32.4 Å². The summed E-state index contributed by atoms with van der Waals surface area (Å²) in [5.41, 5.74) is 0. The largest absolute Gasteiger partial charge is 0.274 e. The van der Waals surface area contributed by atoms with E-state index >= 15 is 0 Å². The summed E-state index contributed by atoms with van der Waals surface area (Å²) in [6.07, 6.45) is 7.57. The van der Waals surface area contributed by atoms with Crippen molar-refractivity contribution in [3.63, 3.8) is 0 Å². The van der Waals surface area contributed by atoms with Crippen molar-refractivity contribution >= 4 is 20.0 Å². The predicted octanol–water partition coefficient (Wildman–Crippen LogP) is 0.435. The van der Waals surface area contributed by atoms with Gasteiger partial charge in [0.1, 0.15) is 4.90 Å². The topological polar surface area (TPSA) is 101 Å². The van der Waals surface area contributed by atoms with E-state index in [-0.39, 0.29) is 17.5 Å². The number of rotatable bonds is 5. The molecule has 1 unspecified atom stereocenters. The van der Waals surface area contributed by atoms with Gasteiger partial charge in [-0.1, -0.05) is 12.8 Å². The standard InChI is InChI=1S/C14H24N4O4S2/c1-17-10-14(9-15-17)24(21,22)18-8-4-7-13(11-18)23(19,20)16-12-5-2-3-6-12/h9-10,12-13,16H,2-8,11H2,1H3. The fourth-order valence-electron chi connectivity index (χ4n) is 3.43. The van der Waals surface area contributed by atoms with Gasteiger partial charge < -0.3 is 0 Å². The third-order valence-electron chi connectivity index (χ3n) is 4.78. The molecule has 0 amide bonds. The van der Waals surface area contributed by atoms with Crippen molar-refractivity contribution in [3.05, 3.63) is 12.4 Å². The van der Waals surface area contributed by atoms with Crippen molar-refractivity contribution in [2.45, 2.75) is 54.7 Å². The lowest BCUT2D eigenvalue weighted by Crippen LogP contribution is -2.49. The Morgan fingerprint density at radius 1 is 1.12 bits per heavy atom. The van der Waals surface area contributed by atoms with Crippen LogP contribution < -0.4 is 4.72 Å². The molecule has 3 rings (SSSR count). The quantitative estimate of drug-likeness (QED) is 0.803. The lowest BCUT2D eigenvalue weighted by Gasteiger charge is -2.32. The van der Waals surface area contributed by atoms with E-state index in [4.69, 9.17) is 0 Å². The van der Waals surface area contributed by atoms with Crippen molar-refractivity contribution in [1.82, 2.24) is 18.8 Å². The number of nitrogens with one attached hydrogen (secondary N) is 1. The predicted molar refractivity (Wildman–Crippen MR) is 89.3 cm³/mol. The van der Waals surface area contributed by atoms with E-state index in [2.05, 4.69) is 9.82 Å². The summed E-state index contributed by atoms with van der Waals surface area (Å²) in [6, 6.07) is 0.000284. The lowest BCUT2D eigenvalue weighted by molar-refractivity contribution is 0.343. The van der Waals surface area contributed by atoms with Gasteiger partial charge in [0.15, 0.2) is 0 Å². The molecule has 0 spiro atoms. The van der Waals surface area contributed by atoms with Gasteiger partial charge in [0.2, 0.25) is 20.0 Å². The van der Waals surface area contributed by atoms with Gasteiger partial charge in [-0.15, -0.1) is 0 Å². The van der Waals surface area contributed by atoms with Gasteiger partial charge in [0.25, 0.3) is 0 Å². The Morgan fingerprint density at radius 3 is 2.46 bits per heavy atom. The maximum atomic E-state index is 12.7. The highest BCUT2D eigenvalue weighted by Gasteiger charge is 2.37. The number of sulfonamides is 2. The molecule has 1 aliphatic carbocycles. The molecular weight excluding hydrogens is 352 g/mol. The van der Waals surface area contributed by atoms with E-state index in [1.807, 2.05) is 0 Å². The van der Waals surface area contributed by atoms with Crippen LogP contribution in [0.2, 0.25) is 0 Å². The normalized spacial score (nSPS) is 24.5. The van der Waals surface area contributed by atoms with Crippen molar-refractivity contribution in [1.29, 1.82) is 0 Å². The van der Waals surface area contributed by atoms with Crippen LogP contribution in [0.4, 0.5) is 0 Å². The molecule has 2 fully saturated rings. The second kappa shape index (κ2) is 6.74. The molecule has 2 heterocycles. The van der Waals surface area contributed by atoms with Crippen molar-refractivity contribution < 1.29 is 16.8 Å². The highest BCUT2D eigenvalue weighted by atomic mass is 32.2. The second-order valence-corrected chi connectivity index (χ2v) is 10.6. The molecule has 0 bridgehead atoms. The Morgan fingerprint density at radius 2 is 1.83 bits per heavy atom. The van der Waals surface area contributed by atoms with E-state index in [0.29, 0.717) is 19.4 Å². The Balaban J connectivity index is 1.74. The molecule has 1 aromatic rings. The molecule has 8 nitrogen and oxygen atoms in total. The molecule has 1 atom stereocenters. The second-order valence-electron chi connectivity index (χ2n) is 6.62. The summed E-state index contributed by atoms with van der Waals surface area (Å²) >= 11 is 0. The van der Waals surface area contributed by atoms with Gasteiger partial charge in [-0.25, -0.2) is 21.6 Å². The number of piperidine rings is 1. The van der Waals surface area contributed by atoms with Crippen molar-refractivity contribution in [2.75, 3.05) is 13.1 Å². The van der Waals surface area contributed by atoms with E-state index < -0.39 is 25.3 Å². The minimum Gasteiger partial charge on any atom is -0.274 e. The smallest absolute Gasteiger partial charge is 0.246 e. The fourth-order valence-corrected chi connectivity index (χ4v) is 6.78. The first-order chi connectivity index (χ1) is 11.3. The first-order valence-corrected chi connectivity index (χ1v) is 11.3. The first kappa shape index (κ1) is 17.8. The summed E-state index contributed by atoms with van der Waals surface area (Å²) in [5, 5.41) is 3.20. The third-order valence-corrected chi connectivity index (χ3v) is 8.53. The fraction of sp³-hybridized carbons (Fsp3) is 0.786. The van der Waals surface area contributed by atoms with Crippen LogP contribution in [-0.2, 0) is 27.1 Å².